The molecule has 236 valence electrons. The Morgan fingerprint density at radius 2 is 1.63 bits per heavy atom. The van der Waals surface area contributed by atoms with Crippen molar-refractivity contribution >= 4 is 40.1 Å². The van der Waals surface area contributed by atoms with Gasteiger partial charge >= 0.3 is 35.5 Å². The molecule has 4 fully saturated rings. The van der Waals surface area contributed by atoms with Crippen molar-refractivity contribution < 1.29 is 45.7 Å². The van der Waals surface area contributed by atoms with Crippen LogP contribution in [-0.4, -0.2) is 21.6 Å². The number of amides is 1. The van der Waals surface area contributed by atoms with Crippen molar-refractivity contribution in [3.8, 4) is 11.1 Å². The Hall–Kier alpha value is -2.57. The van der Waals surface area contributed by atoms with Gasteiger partial charge < -0.3 is 16.4 Å². The molecule has 2 atom stereocenters. The predicted molar refractivity (Wildman–Crippen MR) is 183 cm³/mol. The zero-order valence-corrected chi connectivity index (χ0v) is 30.3. The van der Waals surface area contributed by atoms with Crippen molar-refractivity contribution in [3.63, 3.8) is 0 Å². The molecule has 0 spiro atoms. The number of aromatic carboxylic acids is 1. The van der Waals surface area contributed by atoms with E-state index in [4.69, 9.17) is 11.6 Å². The van der Waals surface area contributed by atoms with Gasteiger partial charge in [-0.15, -0.1) is 0 Å². The van der Waals surface area contributed by atoms with Crippen LogP contribution in [0.1, 0.15) is 95.2 Å². The molecule has 4 bridgehead atoms. The standard InChI is InChI=1S/C39H43ClN2O3.Na.H/c1-4-5-7-25-10-12-28(13-11-25)29-14-15-31-32(17-29)42(21-26-8-6-9-30(40)16-26)34(35(43)44)33(31)41-36(45)39-20-27-18-37(2,23-39)22-38(3,19-27)24-39;;/h6,8-17,27H,4-5,7,18-24H2,1-3H3,(H,41,45)(H,43,44);;/q;+1;-1. The number of nitrogens with zero attached hydrogens (tertiary/aromatic N) is 1. The Bertz CT molecular complexity index is 1800. The predicted octanol–water partition coefficient (Wildman–Crippen LogP) is 7.10. The van der Waals surface area contributed by atoms with Crippen LogP contribution >= 0.6 is 11.6 Å². The molecule has 1 aromatic heterocycles. The summed E-state index contributed by atoms with van der Waals surface area (Å²) in [5.74, 6) is -0.518. The van der Waals surface area contributed by atoms with Crippen LogP contribution in [0.2, 0.25) is 5.02 Å². The molecule has 4 aromatic rings. The summed E-state index contributed by atoms with van der Waals surface area (Å²) in [6.45, 7) is 7.23. The molecule has 0 aliphatic heterocycles. The van der Waals surface area contributed by atoms with Gasteiger partial charge in [0.15, 0.2) is 5.69 Å². The minimum Gasteiger partial charge on any atom is -1.00 e. The molecule has 7 heteroatoms. The average Bonchev–Trinajstić information content (AvgIpc) is 3.26. The van der Waals surface area contributed by atoms with Crippen LogP contribution in [0, 0.1) is 22.2 Å². The summed E-state index contributed by atoms with van der Waals surface area (Å²) in [6.07, 6.45) is 9.59. The first-order valence-electron chi connectivity index (χ1n) is 16.5. The van der Waals surface area contributed by atoms with Gasteiger partial charge in [0, 0.05) is 17.0 Å². The van der Waals surface area contributed by atoms with Crippen molar-refractivity contribution in [3.05, 3.63) is 88.6 Å². The van der Waals surface area contributed by atoms with E-state index in [2.05, 4.69) is 56.4 Å². The summed E-state index contributed by atoms with van der Waals surface area (Å²) >= 11 is 6.35. The van der Waals surface area contributed by atoms with Crippen molar-refractivity contribution in [1.29, 1.82) is 0 Å². The average molecular weight is 647 g/mol. The van der Waals surface area contributed by atoms with E-state index >= 15 is 0 Å². The van der Waals surface area contributed by atoms with Gasteiger partial charge in [-0.2, -0.15) is 0 Å². The largest absolute Gasteiger partial charge is 1.00 e. The topological polar surface area (TPSA) is 71.3 Å². The Morgan fingerprint density at radius 3 is 2.26 bits per heavy atom. The molecular formula is C39H44ClN2NaO3. The Balaban J connectivity index is 0.00000217. The summed E-state index contributed by atoms with van der Waals surface area (Å²) in [5.41, 5.74) is 5.45. The number of carbonyl (C=O) groups is 2. The quantitative estimate of drug-likeness (QED) is 0.191. The number of carbonyl (C=O) groups excluding carboxylic acids is 1. The number of halogens is 1. The molecule has 1 amide bonds. The first-order chi connectivity index (χ1) is 21.5. The van der Waals surface area contributed by atoms with Gasteiger partial charge in [0.1, 0.15) is 0 Å². The molecule has 3 aromatic carbocycles. The van der Waals surface area contributed by atoms with Crippen LogP contribution in [0.4, 0.5) is 5.69 Å². The number of fused-ring (bicyclic) bond motifs is 1. The third kappa shape index (κ3) is 6.09. The molecule has 8 rings (SSSR count). The molecule has 4 aliphatic rings. The molecule has 5 nitrogen and oxygen atoms in total. The molecule has 2 unspecified atom stereocenters. The second-order valence-corrected chi connectivity index (χ2v) is 15.6. The van der Waals surface area contributed by atoms with Crippen LogP contribution in [0.3, 0.4) is 0 Å². The SMILES string of the molecule is CCCCc1ccc(-c2ccc3c(NC(=O)C45CC6CC(C)(CC(C)(C6)C4)C5)c(C(=O)O)n(Cc4cccc(Cl)c4)c3c2)cc1.[H-].[Na+]. The van der Waals surface area contributed by atoms with E-state index in [0.717, 1.165) is 66.1 Å². The van der Waals surface area contributed by atoms with Gasteiger partial charge in [-0.3, -0.25) is 4.79 Å². The van der Waals surface area contributed by atoms with E-state index in [9.17, 15) is 14.7 Å². The van der Waals surface area contributed by atoms with Crippen molar-refractivity contribution in [2.45, 2.75) is 85.1 Å². The van der Waals surface area contributed by atoms with Crippen LogP contribution in [0.25, 0.3) is 22.0 Å². The molecule has 46 heavy (non-hydrogen) atoms. The summed E-state index contributed by atoms with van der Waals surface area (Å²) < 4.78 is 1.83. The van der Waals surface area contributed by atoms with Crippen LogP contribution in [0.5, 0.6) is 0 Å². The first kappa shape index (κ1) is 33.3. The number of anilines is 1. The number of hydrogen-bond acceptors (Lipinski definition) is 2. The van der Waals surface area contributed by atoms with Gasteiger partial charge in [0.2, 0.25) is 5.91 Å². The van der Waals surface area contributed by atoms with Gasteiger partial charge in [-0.05, 0) is 109 Å². The Labute approximate surface area is 300 Å². The normalized spacial score (nSPS) is 26.2. The maximum Gasteiger partial charge on any atom is 1.00 e. The number of unbranched alkanes of at least 4 members (excludes halogenated alkanes) is 1. The number of benzene rings is 3. The number of hydrogen-bond donors (Lipinski definition) is 2. The second-order valence-electron chi connectivity index (χ2n) is 15.1. The molecular weight excluding hydrogens is 603 g/mol. The van der Waals surface area contributed by atoms with E-state index < -0.39 is 11.4 Å². The molecule has 4 aliphatic carbocycles. The Kier molecular flexibility index (Phi) is 9.03. The van der Waals surface area contributed by atoms with Gasteiger partial charge in [-0.1, -0.05) is 87.3 Å². The number of rotatable bonds is 9. The third-order valence-electron chi connectivity index (χ3n) is 10.9. The van der Waals surface area contributed by atoms with Crippen molar-refractivity contribution in [2.24, 2.45) is 22.2 Å². The number of aromatic nitrogens is 1. The fourth-order valence-corrected chi connectivity index (χ4v) is 10.3. The first-order valence-corrected chi connectivity index (χ1v) is 16.9. The van der Waals surface area contributed by atoms with Crippen LogP contribution in [-0.2, 0) is 17.8 Å². The summed E-state index contributed by atoms with van der Waals surface area (Å²) in [5, 5.41) is 15.3. The smallest absolute Gasteiger partial charge is 1.00 e. The monoisotopic (exact) mass is 646 g/mol. The van der Waals surface area contributed by atoms with Gasteiger partial charge in [-0.25, -0.2) is 4.79 Å². The van der Waals surface area contributed by atoms with Gasteiger partial charge in [0.25, 0.3) is 0 Å². The summed E-state index contributed by atoms with van der Waals surface area (Å²) in [4.78, 5) is 27.5. The van der Waals surface area contributed by atoms with E-state index in [0.29, 0.717) is 23.2 Å². The Morgan fingerprint density at radius 1 is 0.935 bits per heavy atom. The molecule has 1 heterocycles. The van der Waals surface area contributed by atoms with E-state index in [1.165, 1.54) is 24.8 Å². The zero-order chi connectivity index (χ0) is 31.6. The van der Waals surface area contributed by atoms with Crippen LogP contribution in [0.15, 0.2) is 66.7 Å². The maximum absolute atomic E-state index is 14.4. The minimum atomic E-state index is -1.06. The fraction of sp³-hybridized carbons (Fsp3) is 0.436. The molecule has 4 saturated carbocycles. The molecule has 0 radical (unpaired) electrons. The maximum atomic E-state index is 14.4. The van der Waals surface area contributed by atoms with E-state index in [1.54, 1.807) is 0 Å². The second kappa shape index (κ2) is 12.5. The minimum absolute atomic E-state index is 0. The van der Waals surface area contributed by atoms with Crippen LogP contribution < -0.4 is 34.9 Å². The molecule has 0 saturated heterocycles. The van der Waals surface area contributed by atoms with E-state index in [1.807, 2.05) is 41.0 Å². The van der Waals surface area contributed by atoms with E-state index in [-0.39, 0.29) is 53.4 Å². The number of aryl methyl sites for hydroxylation is 1. The van der Waals surface area contributed by atoms with Crippen molar-refractivity contribution in [2.75, 3.05) is 5.32 Å². The summed E-state index contributed by atoms with van der Waals surface area (Å²) in [7, 11) is 0. The van der Waals surface area contributed by atoms with Gasteiger partial charge in [0.05, 0.1) is 16.6 Å². The zero-order valence-electron chi connectivity index (χ0n) is 28.6. The number of carboxylic acid groups (broad SMARTS) is 1. The molecule has 2 N–H and O–H groups in total. The number of nitrogens with one attached hydrogen (secondary N) is 1. The summed E-state index contributed by atoms with van der Waals surface area (Å²) in [6, 6.07) is 22.3. The third-order valence-corrected chi connectivity index (χ3v) is 11.2. The number of carboxylic acids is 1. The fourth-order valence-electron chi connectivity index (χ4n) is 10.1. The van der Waals surface area contributed by atoms with Crippen molar-refractivity contribution in [1.82, 2.24) is 4.57 Å².